The zero-order chi connectivity index (χ0) is 50.0. The Morgan fingerprint density at radius 2 is 1.64 bits per heavy atom. The van der Waals surface area contributed by atoms with Gasteiger partial charge in [-0.2, -0.15) is 0 Å². The number of aromatic hydroxyl groups is 2. The van der Waals surface area contributed by atoms with E-state index in [0.29, 0.717) is 31.8 Å². The van der Waals surface area contributed by atoms with Gasteiger partial charge in [0, 0.05) is 94.2 Å². The maximum absolute atomic E-state index is 14.0. The van der Waals surface area contributed by atoms with Crippen molar-refractivity contribution in [3.05, 3.63) is 58.0 Å². The number of aliphatic hydroxyl groups excluding tert-OH is 3. The minimum absolute atomic E-state index is 0. The molecule has 4 heterocycles. The van der Waals surface area contributed by atoms with E-state index in [4.69, 9.17) is 28.9 Å². The lowest BCUT2D eigenvalue weighted by atomic mass is 9.81. The van der Waals surface area contributed by atoms with Gasteiger partial charge < -0.3 is 64.8 Å². The van der Waals surface area contributed by atoms with Crippen molar-refractivity contribution < 1.29 is 69.8 Å². The molecule has 382 valence electrons. The summed E-state index contributed by atoms with van der Waals surface area (Å²) in [5.74, 6) is -7.43. The number of nitrogens with zero attached hydrogens (tertiary/aromatic N) is 3. The third-order valence-electron chi connectivity index (χ3n) is 13.6. The SMILES string of the molecule is COC(=O)CNC(=O)CC(=O)O[C@@H]1C[C@@H](OC)/C=C/O[C@@]2(C)Oc3c(C)c(O)c4c(O)c(c5c(c4c3C2O)=NC2(CCN(CC(C)C)CC2)N=5)NC(=O)/C(C)=C\C=C\[C@H](C)[C@H](O)[C@@H](C)[C@@H](O)[C@H]1C.I.[HH]. The molecule has 4 bridgehead atoms. The summed E-state index contributed by atoms with van der Waals surface area (Å²) >= 11 is 0. The number of phenolic OH excluding ortho intramolecular Hbond substituents is 2. The number of phenols is 2. The van der Waals surface area contributed by atoms with Crippen molar-refractivity contribution in [3.63, 3.8) is 0 Å². The monoisotopic (exact) mass is 1080 g/mol. The number of allylic oxidation sites excluding steroid dienone is 2. The number of aliphatic hydroxyl groups is 3. The zero-order valence-corrected chi connectivity index (χ0v) is 43.2. The number of fused-ring (bicyclic) bond motifs is 1. The average molecular weight is 1080 g/mol. The highest BCUT2D eigenvalue weighted by Gasteiger charge is 2.50. The molecule has 0 saturated carbocycles. The van der Waals surface area contributed by atoms with Crippen molar-refractivity contribution in [2.24, 2.45) is 33.7 Å². The Bertz CT molecular complexity index is 2510. The van der Waals surface area contributed by atoms with Crippen LogP contribution < -0.4 is 26.1 Å². The van der Waals surface area contributed by atoms with Crippen LogP contribution in [-0.4, -0.2) is 130 Å². The Hall–Kier alpha value is -4.87. The molecule has 0 radical (unpaired) electrons. The number of likely N-dealkylation sites (tertiary alicyclic amines) is 1. The predicted octanol–water partition coefficient (Wildman–Crippen LogP) is 3.88. The topological polar surface area (TPSA) is 268 Å². The van der Waals surface area contributed by atoms with Gasteiger partial charge in [0.25, 0.3) is 11.7 Å². The summed E-state index contributed by atoms with van der Waals surface area (Å²) in [7, 11) is 2.55. The van der Waals surface area contributed by atoms with E-state index >= 15 is 0 Å². The van der Waals surface area contributed by atoms with E-state index in [-0.39, 0.29) is 87.2 Å². The first kappa shape index (κ1) is 55.1. The Morgan fingerprint density at radius 1 is 0.971 bits per heavy atom. The molecule has 9 atom stereocenters. The lowest BCUT2D eigenvalue weighted by Crippen LogP contribution is -2.43. The second-order valence-electron chi connectivity index (χ2n) is 19.1. The van der Waals surface area contributed by atoms with E-state index in [9.17, 15) is 44.7 Å². The number of hydrogen-bond acceptors (Lipinski definition) is 17. The number of hydrogen-bond donors (Lipinski definition) is 7. The van der Waals surface area contributed by atoms with Crippen molar-refractivity contribution in [2.75, 3.05) is 45.7 Å². The minimum atomic E-state index is -1.84. The number of ether oxygens (including phenoxy) is 5. The lowest BCUT2D eigenvalue weighted by Gasteiger charge is -2.36. The van der Waals surface area contributed by atoms with E-state index in [1.165, 1.54) is 32.4 Å². The fourth-order valence-electron chi connectivity index (χ4n) is 9.34. The molecule has 1 spiro atoms. The molecule has 6 rings (SSSR count). The predicted molar refractivity (Wildman–Crippen MR) is 265 cm³/mol. The number of benzene rings is 2. The van der Waals surface area contributed by atoms with Crippen LogP contribution in [-0.2, 0) is 38.1 Å². The van der Waals surface area contributed by atoms with Gasteiger partial charge in [-0.3, -0.25) is 29.2 Å². The van der Waals surface area contributed by atoms with Crippen LogP contribution in [0.1, 0.15) is 92.8 Å². The maximum Gasteiger partial charge on any atom is 0.325 e. The van der Waals surface area contributed by atoms with Crippen molar-refractivity contribution in [1.29, 1.82) is 0 Å². The van der Waals surface area contributed by atoms with Crippen LogP contribution in [0.25, 0.3) is 10.8 Å². The highest BCUT2D eigenvalue weighted by Crippen LogP contribution is 2.54. The summed E-state index contributed by atoms with van der Waals surface area (Å²) in [6.45, 7) is 15.7. The third-order valence-corrected chi connectivity index (χ3v) is 13.6. The number of carbonyl (C=O) groups is 4. The molecule has 1 unspecified atom stereocenters. The summed E-state index contributed by atoms with van der Waals surface area (Å²) < 4.78 is 28.6. The number of anilines is 1. The Kier molecular flexibility index (Phi) is 17.9. The van der Waals surface area contributed by atoms with Crippen LogP contribution in [0, 0.1) is 30.6 Å². The van der Waals surface area contributed by atoms with Gasteiger partial charge in [-0.15, -0.1) is 24.0 Å². The molecular formula is C49H70IN5O14. The molecule has 4 aliphatic rings. The Labute approximate surface area is 420 Å². The minimum Gasteiger partial charge on any atom is -0.507 e. The molecule has 4 aliphatic heterocycles. The first-order chi connectivity index (χ1) is 32.0. The van der Waals surface area contributed by atoms with Crippen molar-refractivity contribution in [2.45, 2.75) is 123 Å². The number of carbonyl (C=O) groups excluding carboxylic acids is 4. The zero-order valence-electron chi connectivity index (χ0n) is 40.9. The highest BCUT2D eigenvalue weighted by molar-refractivity contribution is 14.0. The molecule has 1 saturated heterocycles. The largest absolute Gasteiger partial charge is 0.507 e. The van der Waals surface area contributed by atoms with Crippen molar-refractivity contribution in [3.8, 4) is 17.2 Å². The molecule has 2 aromatic rings. The van der Waals surface area contributed by atoms with E-state index < -0.39 is 102 Å². The fraction of sp³-hybridized carbons (Fsp3) is 0.592. The number of amides is 2. The summed E-state index contributed by atoms with van der Waals surface area (Å²) in [4.78, 5) is 64.0. The second-order valence-corrected chi connectivity index (χ2v) is 19.1. The molecule has 69 heavy (non-hydrogen) atoms. The molecule has 0 aliphatic carbocycles. The number of piperidine rings is 1. The van der Waals surface area contributed by atoms with E-state index in [1.54, 1.807) is 46.8 Å². The molecule has 2 aromatic carbocycles. The van der Waals surface area contributed by atoms with Crippen LogP contribution in [0.3, 0.4) is 0 Å². The van der Waals surface area contributed by atoms with Crippen LogP contribution in [0.15, 0.2) is 46.1 Å². The smallest absolute Gasteiger partial charge is 0.325 e. The first-order valence-corrected chi connectivity index (χ1v) is 23.1. The van der Waals surface area contributed by atoms with Crippen LogP contribution in [0.4, 0.5) is 5.69 Å². The normalized spacial score (nSPS) is 29.8. The van der Waals surface area contributed by atoms with Crippen LogP contribution >= 0.6 is 24.0 Å². The molecule has 0 aromatic heterocycles. The van der Waals surface area contributed by atoms with Gasteiger partial charge in [0.2, 0.25) is 5.91 Å². The molecule has 7 N–H and O–H groups in total. The summed E-state index contributed by atoms with van der Waals surface area (Å²) in [6.07, 6.45) is 1.82. The summed E-state index contributed by atoms with van der Waals surface area (Å²) in [5.41, 5.74) is -0.458. The first-order valence-electron chi connectivity index (χ1n) is 23.1. The van der Waals surface area contributed by atoms with Gasteiger partial charge in [0.1, 0.15) is 41.6 Å². The number of halogens is 1. The fourth-order valence-corrected chi connectivity index (χ4v) is 9.34. The standard InChI is InChI=1S/C49H67N5O14.HI.H2/c1-24(2)23-54-17-15-49(16-18-54)52-38-35-36-43(60)29(7)45-37(35)46(62)48(8,68-45)66-19-14-30(64-9)20-31(67-33(56)21-32(55)50-22-34(57)65-10)27(5)42(59)28(6)41(58)25(3)12-11-13-26(4)47(63)51-40(44(36)61)39(38)53-49;;/h11-14,19,24-25,27-28,30-31,41-42,46,58-62H,15-18,20-23H2,1-10H3,(H,50,55)(H,51,63);2*1H/b12-11+,19-14+,26-13-;;/t25-,27-,28+,30-,31+,41-,42-,46?,48-;;/m0../s1. The average Bonchev–Trinajstić information content (AvgIpc) is 3.80. The van der Waals surface area contributed by atoms with Gasteiger partial charge in [-0.05, 0) is 25.8 Å². The number of rotatable bonds is 8. The van der Waals surface area contributed by atoms with Gasteiger partial charge in [0.15, 0.2) is 17.5 Å². The lowest BCUT2D eigenvalue weighted by molar-refractivity contribution is -0.181. The number of esters is 2. The number of methoxy groups -OCH3 is 2. The Morgan fingerprint density at radius 3 is 2.28 bits per heavy atom. The van der Waals surface area contributed by atoms with Crippen molar-refractivity contribution in [1.82, 2.24) is 10.2 Å². The van der Waals surface area contributed by atoms with E-state index in [0.717, 1.165) is 13.7 Å². The maximum atomic E-state index is 14.0. The molecular weight excluding hydrogens is 1010 g/mol. The van der Waals surface area contributed by atoms with E-state index in [1.807, 2.05) is 0 Å². The van der Waals surface area contributed by atoms with E-state index in [2.05, 4.69) is 34.1 Å². The van der Waals surface area contributed by atoms with Gasteiger partial charge >= 0.3 is 11.9 Å². The summed E-state index contributed by atoms with van der Waals surface area (Å²) in [6, 6.07) is 0. The molecule has 1 fully saturated rings. The number of nitrogens with one attached hydrogen (secondary N) is 2. The van der Waals surface area contributed by atoms with Crippen molar-refractivity contribution >= 4 is 64.2 Å². The highest BCUT2D eigenvalue weighted by atomic mass is 127. The van der Waals surface area contributed by atoms with Gasteiger partial charge in [0.05, 0.1) is 42.4 Å². The second kappa shape index (κ2) is 22.5. The molecule has 20 heteroatoms. The van der Waals surface area contributed by atoms with Crippen LogP contribution in [0.5, 0.6) is 17.2 Å². The van der Waals surface area contributed by atoms with Crippen LogP contribution in [0.2, 0.25) is 0 Å². The quantitative estimate of drug-likeness (QED) is 0.0856. The van der Waals surface area contributed by atoms with Gasteiger partial charge in [-0.1, -0.05) is 52.8 Å². The molecule has 2 amide bonds. The Balaban J connectivity index is 0.00000533. The molecule has 19 nitrogen and oxygen atoms in total. The van der Waals surface area contributed by atoms with Gasteiger partial charge in [-0.25, -0.2) is 0 Å². The third kappa shape index (κ3) is 11.7. The summed E-state index contributed by atoms with van der Waals surface area (Å²) in [5, 5.41) is 65.2.